The fourth-order valence-electron chi connectivity index (χ4n) is 0.958. The summed E-state index contributed by atoms with van der Waals surface area (Å²) < 4.78 is 64.3. The van der Waals surface area contributed by atoms with Crippen molar-refractivity contribution in [3.05, 3.63) is 33.6 Å². The summed E-state index contributed by atoms with van der Waals surface area (Å²) >= 11 is 0. The zero-order chi connectivity index (χ0) is 13.4. The standard InChI is InChI=1S/C7H4F3NO5S/c1-17(14,15)16-7-4(9)2-3(8)6(5(7)10)11(12)13/h2H,1H3. The molecule has 0 unspecified atom stereocenters. The lowest BCUT2D eigenvalue weighted by molar-refractivity contribution is -0.390. The van der Waals surface area contributed by atoms with Crippen molar-refractivity contribution in [1.29, 1.82) is 0 Å². The van der Waals surface area contributed by atoms with E-state index in [1.807, 2.05) is 0 Å². The predicted molar refractivity (Wildman–Crippen MR) is 48.4 cm³/mol. The number of nitro groups is 1. The molecule has 0 N–H and O–H groups in total. The molecule has 94 valence electrons. The first-order valence-corrected chi connectivity index (χ1v) is 5.66. The van der Waals surface area contributed by atoms with Crippen LogP contribution >= 0.6 is 0 Å². The van der Waals surface area contributed by atoms with Crippen molar-refractivity contribution in [2.24, 2.45) is 0 Å². The van der Waals surface area contributed by atoms with Gasteiger partial charge in [-0.2, -0.15) is 17.2 Å². The summed E-state index contributed by atoms with van der Waals surface area (Å²) in [6.07, 6.45) is 0.473. The van der Waals surface area contributed by atoms with E-state index in [0.717, 1.165) is 0 Å². The molecule has 0 saturated carbocycles. The Morgan fingerprint density at radius 3 is 2.24 bits per heavy atom. The highest BCUT2D eigenvalue weighted by Gasteiger charge is 2.30. The van der Waals surface area contributed by atoms with Gasteiger partial charge in [0.2, 0.25) is 17.4 Å². The van der Waals surface area contributed by atoms with Gasteiger partial charge in [0.15, 0.2) is 5.82 Å². The Hall–Kier alpha value is -1.84. The number of nitro benzene ring substituents is 1. The normalized spacial score (nSPS) is 11.3. The molecule has 1 aromatic rings. The molecule has 0 spiro atoms. The summed E-state index contributed by atoms with van der Waals surface area (Å²) in [7, 11) is -4.30. The summed E-state index contributed by atoms with van der Waals surface area (Å²) in [5.74, 6) is -7.04. The molecule has 0 amide bonds. The molecule has 0 bridgehead atoms. The fraction of sp³-hybridized carbons (Fsp3) is 0.143. The van der Waals surface area contributed by atoms with Crippen LogP contribution in [0.5, 0.6) is 5.75 Å². The van der Waals surface area contributed by atoms with Gasteiger partial charge in [0.1, 0.15) is 0 Å². The summed E-state index contributed by atoms with van der Waals surface area (Å²) in [4.78, 5) is 8.81. The third kappa shape index (κ3) is 2.84. The average Bonchev–Trinajstić information content (AvgIpc) is 2.09. The highest BCUT2D eigenvalue weighted by Crippen LogP contribution is 2.32. The number of benzene rings is 1. The first kappa shape index (κ1) is 13.2. The van der Waals surface area contributed by atoms with Crippen LogP contribution in [0.15, 0.2) is 6.07 Å². The van der Waals surface area contributed by atoms with Crippen LogP contribution in [0.25, 0.3) is 0 Å². The lowest BCUT2D eigenvalue weighted by atomic mass is 10.2. The molecule has 0 aromatic heterocycles. The Morgan fingerprint density at radius 2 is 1.82 bits per heavy atom. The molecule has 10 heteroatoms. The van der Waals surface area contributed by atoms with Gasteiger partial charge in [-0.3, -0.25) is 10.1 Å². The van der Waals surface area contributed by atoms with Gasteiger partial charge in [0.25, 0.3) is 0 Å². The van der Waals surface area contributed by atoms with Gasteiger partial charge in [-0.1, -0.05) is 0 Å². The van der Waals surface area contributed by atoms with Crippen LogP contribution in [0.2, 0.25) is 0 Å². The van der Waals surface area contributed by atoms with Crippen molar-refractivity contribution >= 4 is 15.8 Å². The molecule has 0 fully saturated rings. The first-order valence-electron chi connectivity index (χ1n) is 3.85. The van der Waals surface area contributed by atoms with Gasteiger partial charge in [0, 0.05) is 6.07 Å². The minimum absolute atomic E-state index is 0.0400. The highest BCUT2D eigenvalue weighted by molar-refractivity contribution is 7.86. The minimum atomic E-state index is -4.30. The number of rotatable bonds is 3. The molecular weight excluding hydrogens is 267 g/mol. The molecule has 0 aliphatic heterocycles. The Balaban J connectivity index is 3.52. The van der Waals surface area contributed by atoms with Gasteiger partial charge in [0.05, 0.1) is 11.2 Å². The molecule has 1 aromatic carbocycles. The van der Waals surface area contributed by atoms with Crippen molar-refractivity contribution in [3.63, 3.8) is 0 Å². The molecule has 17 heavy (non-hydrogen) atoms. The van der Waals surface area contributed by atoms with E-state index in [9.17, 15) is 31.7 Å². The quantitative estimate of drug-likeness (QED) is 0.470. The third-order valence-corrected chi connectivity index (χ3v) is 1.99. The van der Waals surface area contributed by atoms with Crippen LogP contribution in [-0.4, -0.2) is 19.6 Å². The van der Waals surface area contributed by atoms with Crippen LogP contribution in [0.4, 0.5) is 18.9 Å². The van der Waals surface area contributed by atoms with E-state index in [2.05, 4.69) is 4.18 Å². The van der Waals surface area contributed by atoms with Crippen LogP contribution in [0, 0.1) is 27.6 Å². The number of hydrogen-bond donors (Lipinski definition) is 0. The fourth-order valence-corrected chi connectivity index (χ4v) is 1.41. The van der Waals surface area contributed by atoms with E-state index < -0.39 is 43.9 Å². The van der Waals surface area contributed by atoms with E-state index in [-0.39, 0.29) is 6.07 Å². The second-order valence-electron chi connectivity index (χ2n) is 2.88. The van der Waals surface area contributed by atoms with E-state index >= 15 is 0 Å². The van der Waals surface area contributed by atoms with Crippen molar-refractivity contribution in [2.75, 3.05) is 6.26 Å². The zero-order valence-corrected chi connectivity index (χ0v) is 8.92. The maximum absolute atomic E-state index is 13.3. The van der Waals surface area contributed by atoms with Gasteiger partial charge in [-0.05, 0) is 0 Å². The maximum Gasteiger partial charge on any atom is 0.344 e. The maximum atomic E-state index is 13.3. The summed E-state index contributed by atoms with van der Waals surface area (Å²) in [6.45, 7) is 0. The SMILES string of the molecule is CS(=O)(=O)Oc1c(F)cc(F)c([N+](=O)[O-])c1F. The molecule has 0 saturated heterocycles. The Labute approximate surface area is 92.9 Å². The van der Waals surface area contributed by atoms with Crippen molar-refractivity contribution < 1.29 is 30.7 Å². The first-order chi connectivity index (χ1) is 7.63. The largest absolute Gasteiger partial charge is 0.376 e. The lowest BCUT2D eigenvalue weighted by Crippen LogP contribution is -2.10. The number of halogens is 3. The lowest BCUT2D eigenvalue weighted by Gasteiger charge is -2.06. The number of hydrogen-bond acceptors (Lipinski definition) is 5. The number of nitrogens with zero attached hydrogens (tertiary/aromatic N) is 1. The molecule has 6 nitrogen and oxygen atoms in total. The molecule has 1 rings (SSSR count). The summed E-state index contributed by atoms with van der Waals surface area (Å²) in [5.41, 5.74) is -1.69. The van der Waals surface area contributed by atoms with E-state index in [1.54, 1.807) is 0 Å². The average molecular weight is 271 g/mol. The third-order valence-electron chi connectivity index (χ3n) is 1.52. The highest BCUT2D eigenvalue weighted by atomic mass is 32.2. The van der Waals surface area contributed by atoms with Gasteiger partial charge in [-0.25, -0.2) is 4.39 Å². The van der Waals surface area contributed by atoms with Crippen LogP contribution in [-0.2, 0) is 10.1 Å². The van der Waals surface area contributed by atoms with Crippen molar-refractivity contribution in [2.45, 2.75) is 0 Å². The second-order valence-corrected chi connectivity index (χ2v) is 4.45. The predicted octanol–water partition coefficient (Wildman–Crippen LogP) is 1.35. The van der Waals surface area contributed by atoms with E-state index in [4.69, 9.17) is 0 Å². The van der Waals surface area contributed by atoms with Crippen LogP contribution in [0.1, 0.15) is 0 Å². The Morgan fingerprint density at radius 1 is 1.29 bits per heavy atom. The smallest absolute Gasteiger partial charge is 0.344 e. The van der Waals surface area contributed by atoms with Gasteiger partial charge >= 0.3 is 15.8 Å². The topological polar surface area (TPSA) is 86.5 Å². The monoisotopic (exact) mass is 271 g/mol. The van der Waals surface area contributed by atoms with Crippen molar-refractivity contribution in [3.8, 4) is 5.75 Å². The van der Waals surface area contributed by atoms with Gasteiger partial charge in [-0.15, -0.1) is 0 Å². The minimum Gasteiger partial charge on any atom is -0.376 e. The summed E-state index contributed by atoms with van der Waals surface area (Å²) in [5, 5.41) is 10.3. The van der Waals surface area contributed by atoms with Gasteiger partial charge < -0.3 is 4.18 Å². The molecule has 0 radical (unpaired) electrons. The molecule has 0 aliphatic rings. The molecule has 0 heterocycles. The van der Waals surface area contributed by atoms with E-state index in [1.165, 1.54) is 0 Å². The molecule has 0 aliphatic carbocycles. The molecule has 0 atom stereocenters. The van der Waals surface area contributed by atoms with Crippen LogP contribution in [0.3, 0.4) is 0 Å². The Bertz CT molecular complexity index is 586. The summed E-state index contributed by atoms with van der Waals surface area (Å²) in [6, 6.07) is -0.0400. The van der Waals surface area contributed by atoms with E-state index in [0.29, 0.717) is 6.26 Å². The Kier molecular flexibility index (Phi) is 3.27. The van der Waals surface area contributed by atoms with Crippen molar-refractivity contribution in [1.82, 2.24) is 0 Å². The molecular formula is C7H4F3NO5S. The second kappa shape index (κ2) is 4.20. The van der Waals surface area contributed by atoms with Crippen LogP contribution < -0.4 is 4.18 Å². The zero-order valence-electron chi connectivity index (χ0n) is 8.11.